The molecule has 1 aromatic heterocycles. The van der Waals surface area contributed by atoms with Gasteiger partial charge in [0.1, 0.15) is 5.01 Å². The van der Waals surface area contributed by atoms with Gasteiger partial charge in [-0.15, -0.1) is 11.3 Å². The molecule has 0 atom stereocenters. The van der Waals surface area contributed by atoms with Crippen molar-refractivity contribution in [2.24, 2.45) is 23.2 Å². The van der Waals surface area contributed by atoms with Gasteiger partial charge in [0.05, 0.1) is 10.2 Å². The quantitative estimate of drug-likeness (QED) is 0.573. The highest BCUT2D eigenvalue weighted by atomic mass is 32.1. The summed E-state index contributed by atoms with van der Waals surface area (Å²) in [5.41, 5.74) is 1.20. The number of hydrogen-bond donors (Lipinski definition) is 1. The van der Waals surface area contributed by atoms with Crippen LogP contribution in [0.4, 0.5) is 0 Å². The molecule has 4 fully saturated rings. The maximum atomic E-state index is 12.2. The predicted octanol–water partition coefficient (Wildman–Crippen LogP) is 4.19. The Kier molecular flexibility index (Phi) is 4.90. The summed E-state index contributed by atoms with van der Waals surface area (Å²) in [5.74, 6) is 1.87. The first-order valence-electron chi connectivity index (χ1n) is 10.5. The lowest BCUT2D eigenvalue weighted by atomic mass is 9.49. The van der Waals surface area contributed by atoms with Crippen LogP contribution in [0, 0.1) is 23.2 Å². The molecule has 1 heterocycles. The number of ether oxygens (including phenoxy) is 1. The van der Waals surface area contributed by atoms with E-state index in [0.717, 1.165) is 39.5 Å². The summed E-state index contributed by atoms with van der Waals surface area (Å²) >= 11 is 1.51. The number of nitrogens with zero attached hydrogens (tertiary/aromatic N) is 1. The number of esters is 1. The van der Waals surface area contributed by atoms with Crippen LogP contribution in [0.25, 0.3) is 16.3 Å². The number of fused-ring (bicyclic) bond motifs is 1. The molecule has 29 heavy (non-hydrogen) atoms. The Balaban J connectivity index is 1.09. The van der Waals surface area contributed by atoms with Crippen molar-refractivity contribution in [2.45, 2.75) is 38.5 Å². The van der Waals surface area contributed by atoms with Gasteiger partial charge in [0.2, 0.25) is 0 Å². The summed E-state index contributed by atoms with van der Waals surface area (Å²) in [5, 5.41) is 3.78. The molecule has 4 bridgehead atoms. The second-order valence-corrected chi connectivity index (χ2v) is 10.2. The summed E-state index contributed by atoms with van der Waals surface area (Å²) in [7, 11) is 0. The first-order valence-corrected chi connectivity index (χ1v) is 11.4. The van der Waals surface area contributed by atoms with Crippen LogP contribution in [0.1, 0.15) is 43.5 Å². The van der Waals surface area contributed by atoms with Crippen molar-refractivity contribution in [3.63, 3.8) is 0 Å². The molecule has 1 amide bonds. The van der Waals surface area contributed by atoms with Crippen LogP contribution in [-0.4, -0.2) is 30.0 Å². The van der Waals surface area contributed by atoms with Gasteiger partial charge in [-0.25, -0.2) is 9.78 Å². The fourth-order valence-corrected chi connectivity index (χ4v) is 7.00. The van der Waals surface area contributed by atoms with Crippen molar-refractivity contribution in [3.05, 3.63) is 35.3 Å². The number of carbonyl (C=O) groups is 2. The number of para-hydroxylation sites is 1. The number of rotatable bonds is 6. The van der Waals surface area contributed by atoms with E-state index in [1.54, 1.807) is 6.08 Å². The molecule has 4 aliphatic carbocycles. The van der Waals surface area contributed by atoms with Gasteiger partial charge < -0.3 is 10.1 Å². The number of nitrogens with one attached hydrogen (secondary N) is 1. The number of hydrogen-bond acceptors (Lipinski definition) is 5. The van der Waals surface area contributed by atoms with Crippen molar-refractivity contribution < 1.29 is 14.3 Å². The molecule has 0 spiro atoms. The van der Waals surface area contributed by atoms with Crippen LogP contribution in [0.15, 0.2) is 30.3 Å². The van der Waals surface area contributed by atoms with Crippen LogP contribution in [-0.2, 0) is 14.3 Å². The fraction of sp³-hybridized carbons (Fsp3) is 0.522. The fourth-order valence-electron chi connectivity index (χ4n) is 6.13. The Bertz CT molecular complexity index is 896. The van der Waals surface area contributed by atoms with Crippen LogP contribution in [0.5, 0.6) is 0 Å². The average Bonchev–Trinajstić information content (AvgIpc) is 3.11. The second-order valence-electron chi connectivity index (χ2n) is 9.16. The van der Waals surface area contributed by atoms with E-state index in [2.05, 4.69) is 10.3 Å². The molecular formula is C23H26N2O3S. The van der Waals surface area contributed by atoms with E-state index in [1.165, 1.54) is 55.9 Å². The third kappa shape index (κ3) is 4.08. The van der Waals surface area contributed by atoms with E-state index in [0.29, 0.717) is 5.41 Å². The number of thiazole rings is 1. The molecule has 6 rings (SSSR count). The van der Waals surface area contributed by atoms with Gasteiger partial charge in [-0.3, -0.25) is 4.79 Å². The molecule has 152 valence electrons. The Morgan fingerprint density at radius 2 is 1.83 bits per heavy atom. The van der Waals surface area contributed by atoms with E-state index >= 15 is 0 Å². The first kappa shape index (κ1) is 18.8. The van der Waals surface area contributed by atoms with E-state index in [-0.39, 0.29) is 12.5 Å². The molecule has 0 radical (unpaired) electrons. The zero-order valence-electron chi connectivity index (χ0n) is 16.4. The van der Waals surface area contributed by atoms with Crippen LogP contribution in [0.2, 0.25) is 0 Å². The van der Waals surface area contributed by atoms with Gasteiger partial charge in [0.25, 0.3) is 5.91 Å². The van der Waals surface area contributed by atoms with Crippen molar-refractivity contribution >= 4 is 39.5 Å². The first-order chi connectivity index (χ1) is 14.1. The monoisotopic (exact) mass is 410 g/mol. The van der Waals surface area contributed by atoms with Gasteiger partial charge in [0, 0.05) is 12.6 Å². The standard InChI is InChI=1S/C23H26N2O3S/c26-20(24-14-23-10-15-7-16(11-23)9-17(8-15)12-23)13-28-22(27)6-5-21-25-18-3-1-2-4-19(18)29-21/h1-6,15-17H,7-14H2,(H,24,26)/b6-5+. The molecule has 0 unspecified atom stereocenters. The van der Waals surface area contributed by atoms with E-state index in [1.807, 2.05) is 24.3 Å². The Morgan fingerprint density at radius 1 is 1.14 bits per heavy atom. The summed E-state index contributed by atoms with van der Waals surface area (Å²) in [6.07, 6.45) is 10.9. The molecule has 1 aromatic carbocycles. The van der Waals surface area contributed by atoms with E-state index in [9.17, 15) is 9.59 Å². The summed E-state index contributed by atoms with van der Waals surface area (Å²) < 4.78 is 6.18. The Morgan fingerprint density at radius 3 is 2.52 bits per heavy atom. The van der Waals surface area contributed by atoms with Gasteiger partial charge in [0.15, 0.2) is 6.61 Å². The minimum absolute atomic E-state index is 0.206. The lowest BCUT2D eigenvalue weighted by Gasteiger charge is -2.56. The minimum atomic E-state index is -0.519. The molecule has 0 saturated heterocycles. The maximum absolute atomic E-state index is 12.2. The summed E-state index contributed by atoms with van der Waals surface area (Å²) in [6.45, 7) is 0.504. The third-order valence-electron chi connectivity index (χ3n) is 6.84. The van der Waals surface area contributed by atoms with Gasteiger partial charge in [-0.1, -0.05) is 12.1 Å². The lowest BCUT2D eigenvalue weighted by molar-refractivity contribution is -0.144. The molecule has 5 nitrogen and oxygen atoms in total. The largest absolute Gasteiger partial charge is 0.452 e. The van der Waals surface area contributed by atoms with Gasteiger partial charge >= 0.3 is 5.97 Å². The lowest BCUT2D eigenvalue weighted by Crippen LogP contribution is -2.51. The summed E-state index contributed by atoms with van der Waals surface area (Å²) in [4.78, 5) is 28.6. The van der Waals surface area contributed by atoms with Crippen LogP contribution >= 0.6 is 11.3 Å². The van der Waals surface area contributed by atoms with Crippen molar-refractivity contribution in [2.75, 3.05) is 13.2 Å². The zero-order chi connectivity index (χ0) is 19.8. The van der Waals surface area contributed by atoms with E-state index < -0.39 is 5.97 Å². The van der Waals surface area contributed by atoms with Gasteiger partial charge in [-0.05, 0) is 79.9 Å². The maximum Gasteiger partial charge on any atom is 0.331 e. The number of amides is 1. The summed E-state index contributed by atoms with van der Waals surface area (Å²) in [6, 6.07) is 7.84. The van der Waals surface area contributed by atoms with Crippen molar-refractivity contribution in [1.82, 2.24) is 10.3 Å². The Hall–Kier alpha value is -2.21. The zero-order valence-corrected chi connectivity index (χ0v) is 17.2. The third-order valence-corrected chi connectivity index (χ3v) is 7.85. The average molecular weight is 411 g/mol. The molecule has 1 N–H and O–H groups in total. The smallest absolute Gasteiger partial charge is 0.331 e. The molecular weight excluding hydrogens is 384 g/mol. The molecule has 0 aliphatic heterocycles. The van der Waals surface area contributed by atoms with E-state index in [4.69, 9.17) is 4.74 Å². The highest BCUT2D eigenvalue weighted by Gasteiger charge is 2.50. The normalized spacial score (nSPS) is 30.1. The SMILES string of the molecule is O=C(COC(=O)/C=C/c1nc2ccccc2s1)NCC12CC3CC(CC(C3)C1)C2. The number of benzene rings is 1. The Labute approximate surface area is 174 Å². The minimum Gasteiger partial charge on any atom is -0.452 e. The molecule has 4 saturated carbocycles. The van der Waals surface area contributed by atoms with Crippen molar-refractivity contribution in [1.29, 1.82) is 0 Å². The highest BCUT2D eigenvalue weighted by Crippen LogP contribution is 2.59. The highest BCUT2D eigenvalue weighted by molar-refractivity contribution is 7.19. The van der Waals surface area contributed by atoms with Gasteiger partial charge in [-0.2, -0.15) is 0 Å². The second kappa shape index (κ2) is 7.56. The number of aromatic nitrogens is 1. The molecule has 4 aliphatic rings. The topological polar surface area (TPSA) is 68.3 Å². The predicted molar refractivity (Wildman–Crippen MR) is 113 cm³/mol. The van der Waals surface area contributed by atoms with Crippen molar-refractivity contribution in [3.8, 4) is 0 Å². The molecule has 6 heteroatoms. The number of carbonyl (C=O) groups excluding carboxylic acids is 2. The van der Waals surface area contributed by atoms with Crippen LogP contribution in [0.3, 0.4) is 0 Å². The van der Waals surface area contributed by atoms with Crippen LogP contribution < -0.4 is 5.32 Å². The molecule has 2 aromatic rings.